The number of hydrogen-bond acceptors (Lipinski definition) is 5. The van der Waals surface area contributed by atoms with E-state index in [1.165, 1.54) is 0 Å². The van der Waals surface area contributed by atoms with Crippen molar-refractivity contribution in [2.24, 2.45) is 0 Å². The Hall–Kier alpha value is -0.570. The maximum absolute atomic E-state index is 10.2. The van der Waals surface area contributed by atoms with Crippen LogP contribution in [0.3, 0.4) is 0 Å². The molecule has 1 saturated heterocycles. The van der Waals surface area contributed by atoms with Crippen molar-refractivity contribution in [3.05, 3.63) is 0 Å². The Morgan fingerprint density at radius 1 is 1.90 bits per heavy atom. The molecule has 1 atom stereocenters. The summed E-state index contributed by atoms with van der Waals surface area (Å²) in [5.41, 5.74) is 0. The number of rotatable bonds is 2. The fraction of sp³-hybridized carbons (Fsp3) is 0.600. The number of carbonyl (C=O) groups excluding carboxylic acids is 1. The summed E-state index contributed by atoms with van der Waals surface area (Å²) in [5, 5.41) is 13.1. The molecule has 0 bridgehead atoms. The molecule has 1 N–H and O–H groups in total. The number of nitrogens with zero attached hydrogens (tertiary/aromatic N) is 2. The van der Waals surface area contributed by atoms with Gasteiger partial charge in [-0.25, -0.2) is 4.31 Å². The molecule has 0 aliphatic carbocycles. The van der Waals surface area contributed by atoms with Crippen LogP contribution in [0.15, 0.2) is 0 Å². The molecule has 4 nitrogen and oxygen atoms in total. The number of nitriles is 1. The van der Waals surface area contributed by atoms with Crippen molar-refractivity contribution in [3.63, 3.8) is 0 Å². The van der Waals surface area contributed by atoms with E-state index in [9.17, 15) is 4.79 Å². The molecule has 0 saturated carbocycles. The molecule has 0 amide bonds. The van der Waals surface area contributed by atoms with E-state index in [4.69, 9.17) is 5.26 Å². The number of nitrogens with one attached hydrogen (secondary N) is 1. The highest BCUT2D eigenvalue weighted by atomic mass is 32.2. The first-order valence-corrected chi connectivity index (χ1v) is 3.64. The summed E-state index contributed by atoms with van der Waals surface area (Å²) in [7, 11) is 0. The number of hydrogen-bond donors (Lipinski definition) is 1. The lowest BCUT2D eigenvalue weighted by molar-refractivity contribution is -0.109. The van der Waals surface area contributed by atoms with E-state index in [1.54, 1.807) is 4.31 Å². The van der Waals surface area contributed by atoms with E-state index in [2.05, 4.69) is 5.32 Å². The summed E-state index contributed by atoms with van der Waals surface area (Å²) < 4.78 is 1.80. The topological polar surface area (TPSA) is 56.1 Å². The molecule has 1 aliphatic rings. The fourth-order valence-electron chi connectivity index (χ4n) is 0.786. The van der Waals surface area contributed by atoms with E-state index in [-0.39, 0.29) is 6.04 Å². The lowest BCUT2D eigenvalue weighted by Crippen LogP contribution is -2.24. The standard InChI is InChI=1S/C5H7N3OS/c6-3-10-8-1-5(2-9)7-4-8/h2,5,7H,1,4H2. The predicted octanol–water partition coefficient (Wildman–Crippen LogP) is -0.454. The highest BCUT2D eigenvalue weighted by molar-refractivity contribution is 8.01. The molecule has 0 radical (unpaired) electrons. The van der Waals surface area contributed by atoms with Gasteiger partial charge in [0.1, 0.15) is 11.7 Å². The van der Waals surface area contributed by atoms with E-state index in [1.807, 2.05) is 5.40 Å². The summed E-state index contributed by atoms with van der Waals surface area (Å²) in [6, 6.07) is -0.0964. The lowest BCUT2D eigenvalue weighted by Gasteiger charge is -2.03. The second-order valence-corrected chi connectivity index (χ2v) is 2.83. The third-order valence-corrected chi connectivity index (χ3v) is 1.88. The van der Waals surface area contributed by atoms with Crippen molar-refractivity contribution in [1.29, 1.82) is 5.26 Å². The van der Waals surface area contributed by atoms with Crippen molar-refractivity contribution in [2.45, 2.75) is 6.04 Å². The van der Waals surface area contributed by atoms with Crippen LogP contribution >= 0.6 is 11.9 Å². The minimum absolute atomic E-state index is 0.0964. The van der Waals surface area contributed by atoms with Gasteiger partial charge in [-0.3, -0.25) is 5.32 Å². The van der Waals surface area contributed by atoms with Crippen LogP contribution in [0.25, 0.3) is 0 Å². The van der Waals surface area contributed by atoms with Gasteiger partial charge in [0.25, 0.3) is 0 Å². The zero-order valence-electron chi connectivity index (χ0n) is 5.28. The molecule has 1 heterocycles. The SMILES string of the molecule is N#CSN1CNC(C=O)C1. The molecular weight excluding hydrogens is 150 g/mol. The van der Waals surface area contributed by atoms with Crippen LogP contribution in [0.1, 0.15) is 0 Å². The summed E-state index contributed by atoms with van der Waals surface area (Å²) in [4.78, 5) is 10.2. The van der Waals surface area contributed by atoms with Crippen LogP contribution in [0.4, 0.5) is 0 Å². The van der Waals surface area contributed by atoms with Gasteiger partial charge in [0.05, 0.1) is 12.7 Å². The molecule has 0 aromatic carbocycles. The summed E-state index contributed by atoms with van der Waals surface area (Å²) in [6.45, 7) is 1.24. The summed E-state index contributed by atoms with van der Waals surface area (Å²) in [6.07, 6.45) is 0.859. The lowest BCUT2D eigenvalue weighted by atomic mass is 10.4. The minimum Gasteiger partial charge on any atom is -0.302 e. The monoisotopic (exact) mass is 157 g/mol. The Balaban J connectivity index is 2.29. The predicted molar refractivity (Wildman–Crippen MR) is 37.8 cm³/mol. The molecule has 0 aromatic rings. The average Bonchev–Trinajstić information content (AvgIpc) is 2.37. The minimum atomic E-state index is -0.0964. The number of aldehydes is 1. The van der Waals surface area contributed by atoms with Crippen LogP contribution in [-0.2, 0) is 4.79 Å². The van der Waals surface area contributed by atoms with Crippen LogP contribution in [0, 0.1) is 10.7 Å². The third-order valence-electron chi connectivity index (χ3n) is 1.26. The largest absolute Gasteiger partial charge is 0.302 e. The van der Waals surface area contributed by atoms with E-state index in [0.29, 0.717) is 13.2 Å². The van der Waals surface area contributed by atoms with Gasteiger partial charge in [0.15, 0.2) is 0 Å². The van der Waals surface area contributed by atoms with Crippen molar-refractivity contribution in [1.82, 2.24) is 9.62 Å². The highest BCUT2D eigenvalue weighted by Gasteiger charge is 2.20. The molecule has 1 unspecified atom stereocenters. The molecular formula is C5H7N3OS. The Labute approximate surface area is 63.3 Å². The Kier molecular flexibility index (Phi) is 2.68. The van der Waals surface area contributed by atoms with Gasteiger partial charge >= 0.3 is 0 Å². The van der Waals surface area contributed by atoms with E-state index >= 15 is 0 Å². The maximum Gasteiger partial charge on any atom is 0.150 e. The average molecular weight is 157 g/mol. The van der Waals surface area contributed by atoms with E-state index in [0.717, 1.165) is 18.2 Å². The van der Waals surface area contributed by atoms with Crippen molar-refractivity contribution >= 4 is 18.2 Å². The van der Waals surface area contributed by atoms with Gasteiger partial charge < -0.3 is 4.79 Å². The van der Waals surface area contributed by atoms with Gasteiger partial charge in [-0.2, -0.15) is 5.26 Å². The maximum atomic E-state index is 10.2. The first-order chi connectivity index (χ1) is 4.86. The van der Waals surface area contributed by atoms with E-state index < -0.39 is 0 Å². The quantitative estimate of drug-likeness (QED) is 0.334. The molecule has 54 valence electrons. The first-order valence-electron chi connectivity index (χ1n) is 2.86. The van der Waals surface area contributed by atoms with Gasteiger partial charge in [-0.1, -0.05) is 0 Å². The molecule has 0 aromatic heterocycles. The van der Waals surface area contributed by atoms with Crippen molar-refractivity contribution in [2.75, 3.05) is 13.2 Å². The number of thiocyanates is 1. The van der Waals surface area contributed by atoms with Crippen LogP contribution in [0.2, 0.25) is 0 Å². The van der Waals surface area contributed by atoms with Gasteiger partial charge in [-0.05, 0) is 0 Å². The third kappa shape index (κ3) is 1.70. The normalized spacial score (nSPS) is 26.1. The first kappa shape index (κ1) is 7.54. The highest BCUT2D eigenvalue weighted by Crippen LogP contribution is 2.10. The Bertz CT molecular complexity index is 167. The van der Waals surface area contributed by atoms with Crippen LogP contribution in [0.5, 0.6) is 0 Å². The second kappa shape index (κ2) is 3.56. The molecule has 1 rings (SSSR count). The van der Waals surface area contributed by atoms with Crippen molar-refractivity contribution in [3.8, 4) is 5.40 Å². The van der Waals surface area contributed by atoms with Crippen LogP contribution in [-0.4, -0.2) is 29.8 Å². The molecule has 5 heteroatoms. The summed E-state index contributed by atoms with van der Waals surface area (Å²) >= 11 is 1.08. The van der Waals surface area contributed by atoms with Gasteiger partial charge in [-0.15, -0.1) is 0 Å². The van der Waals surface area contributed by atoms with Crippen molar-refractivity contribution < 1.29 is 4.79 Å². The smallest absolute Gasteiger partial charge is 0.150 e. The fourth-order valence-corrected chi connectivity index (χ4v) is 1.28. The zero-order chi connectivity index (χ0) is 7.40. The van der Waals surface area contributed by atoms with Crippen LogP contribution < -0.4 is 5.32 Å². The van der Waals surface area contributed by atoms with Gasteiger partial charge in [0.2, 0.25) is 0 Å². The molecule has 0 spiro atoms. The number of carbonyl (C=O) groups is 1. The Morgan fingerprint density at radius 3 is 3.20 bits per heavy atom. The van der Waals surface area contributed by atoms with Gasteiger partial charge in [0, 0.05) is 18.5 Å². The second-order valence-electron chi connectivity index (χ2n) is 1.95. The zero-order valence-corrected chi connectivity index (χ0v) is 6.10. The molecule has 1 aliphatic heterocycles. The summed E-state index contributed by atoms with van der Waals surface area (Å²) in [5.74, 6) is 0. The molecule has 10 heavy (non-hydrogen) atoms. The molecule has 1 fully saturated rings. The Morgan fingerprint density at radius 2 is 2.70 bits per heavy atom.